The van der Waals surface area contributed by atoms with Gasteiger partial charge in [0.15, 0.2) is 0 Å². The quantitative estimate of drug-likeness (QED) is 0.814. The molecule has 2 rings (SSSR count). The molecule has 1 aromatic rings. The number of carbonyl (C=O) groups excluding carboxylic acids is 1. The molecule has 2 N–H and O–H groups in total. The van der Waals surface area contributed by atoms with Crippen LogP contribution in [0.15, 0.2) is 18.3 Å². The normalized spacial score (nSPS) is 18.5. The summed E-state index contributed by atoms with van der Waals surface area (Å²) in [4.78, 5) is 19.4. The van der Waals surface area contributed by atoms with E-state index in [1.165, 1.54) is 0 Å². The molecule has 2 heterocycles. The first kappa shape index (κ1) is 14.1. The highest BCUT2D eigenvalue weighted by atomic mass is 16.3. The molecule has 1 unspecified atom stereocenters. The summed E-state index contributed by atoms with van der Waals surface area (Å²) >= 11 is 0. The molecular formula is C14H23N3O2. The van der Waals surface area contributed by atoms with Gasteiger partial charge in [-0.2, -0.15) is 0 Å². The van der Waals surface area contributed by atoms with E-state index < -0.39 is 0 Å². The molecule has 1 aliphatic rings. The number of amides is 1. The molecule has 1 amide bonds. The standard InChI is InChI=1S/C14H23N3O2/c1-2-13(11-18)16-6-8-17(9-7-16)14(19)10-12-4-3-5-15-12/h3-5,13,15,18H,2,6-11H2,1H3. The number of piperazine rings is 1. The summed E-state index contributed by atoms with van der Waals surface area (Å²) in [5, 5.41) is 9.30. The van der Waals surface area contributed by atoms with Crippen molar-refractivity contribution in [2.24, 2.45) is 0 Å². The lowest BCUT2D eigenvalue weighted by Gasteiger charge is -2.38. The Hall–Kier alpha value is -1.33. The van der Waals surface area contributed by atoms with Gasteiger partial charge in [-0.3, -0.25) is 9.69 Å². The number of hydrogen-bond acceptors (Lipinski definition) is 3. The summed E-state index contributed by atoms with van der Waals surface area (Å²) in [6.07, 6.45) is 3.24. The van der Waals surface area contributed by atoms with Crippen molar-refractivity contribution in [2.45, 2.75) is 25.8 Å². The van der Waals surface area contributed by atoms with E-state index in [2.05, 4.69) is 16.8 Å². The SMILES string of the molecule is CCC(CO)N1CCN(C(=O)Cc2ccc[nH]2)CC1. The molecule has 0 saturated carbocycles. The minimum atomic E-state index is 0.180. The predicted octanol–water partition coefficient (Wildman–Crippen LogP) is 0.472. The summed E-state index contributed by atoms with van der Waals surface area (Å²) in [6, 6.07) is 4.08. The fourth-order valence-electron chi connectivity index (χ4n) is 2.59. The minimum absolute atomic E-state index is 0.180. The Bertz CT molecular complexity index is 379. The lowest BCUT2D eigenvalue weighted by molar-refractivity contribution is -0.132. The average Bonchev–Trinajstić information content (AvgIpc) is 2.94. The van der Waals surface area contributed by atoms with Crippen molar-refractivity contribution >= 4 is 5.91 Å². The minimum Gasteiger partial charge on any atom is -0.395 e. The maximum absolute atomic E-state index is 12.1. The van der Waals surface area contributed by atoms with Crippen LogP contribution in [0.25, 0.3) is 0 Å². The van der Waals surface area contributed by atoms with Gasteiger partial charge in [-0.1, -0.05) is 6.92 Å². The van der Waals surface area contributed by atoms with Crippen molar-refractivity contribution in [3.8, 4) is 0 Å². The van der Waals surface area contributed by atoms with Gasteiger partial charge in [0.1, 0.15) is 0 Å². The van der Waals surface area contributed by atoms with E-state index in [4.69, 9.17) is 0 Å². The Morgan fingerprint density at radius 1 is 1.42 bits per heavy atom. The maximum atomic E-state index is 12.1. The van der Waals surface area contributed by atoms with Crippen molar-refractivity contribution < 1.29 is 9.90 Å². The number of nitrogens with one attached hydrogen (secondary N) is 1. The summed E-state index contributed by atoms with van der Waals surface area (Å²) in [5.41, 5.74) is 0.967. The van der Waals surface area contributed by atoms with Crippen LogP contribution in [0, 0.1) is 0 Å². The van der Waals surface area contributed by atoms with E-state index >= 15 is 0 Å². The first-order chi connectivity index (χ1) is 9.24. The van der Waals surface area contributed by atoms with Gasteiger partial charge in [0.05, 0.1) is 13.0 Å². The fraction of sp³-hybridized carbons (Fsp3) is 0.643. The molecule has 0 aliphatic carbocycles. The van der Waals surface area contributed by atoms with Crippen LogP contribution in [0.3, 0.4) is 0 Å². The fourth-order valence-corrected chi connectivity index (χ4v) is 2.59. The zero-order valence-electron chi connectivity index (χ0n) is 11.5. The van der Waals surface area contributed by atoms with Gasteiger partial charge in [0.2, 0.25) is 5.91 Å². The molecule has 106 valence electrons. The third-order valence-electron chi connectivity index (χ3n) is 3.87. The number of aliphatic hydroxyl groups excluding tert-OH is 1. The summed E-state index contributed by atoms with van der Waals surface area (Å²) < 4.78 is 0. The number of nitrogens with zero attached hydrogens (tertiary/aromatic N) is 2. The van der Waals surface area contributed by atoms with Crippen molar-refractivity contribution in [1.82, 2.24) is 14.8 Å². The molecule has 0 radical (unpaired) electrons. The smallest absolute Gasteiger partial charge is 0.228 e. The van der Waals surface area contributed by atoms with Gasteiger partial charge in [-0.05, 0) is 18.6 Å². The van der Waals surface area contributed by atoms with Gasteiger partial charge in [0, 0.05) is 44.1 Å². The van der Waals surface area contributed by atoms with Gasteiger partial charge in [-0.25, -0.2) is 0 Å². The van der Waals surface area contributed by atoms with Crippen LogP contribution in [-0.2, 0) is 11.2 Å². The van der Waals surface area contributed by atoms with Crippen LogP contribution in [0.5, 0.6) is 0 Å². The zero-order valence-corrected chi connectivity index (χ0v) is 11.5. The van der Waals surface area contributed by atoms with E-state index in [1.54, 1.807) is 0 Å². The van der Waals surface area contributed by atoms with Gasteiger partial charge >= 0.3 is 0 Å². The molecule has 19 heavy (non-hydrogen) atoms. The van der Waals surface area contributed by atoms with Crippen LogP contribution >= 0.6 is 0 Å². The number of aromatic nitrogens is 1. The Morgan fingerprint density at radius 3 is 2.68 bits per heavy atom. The third-order valence-corrected chi connectivity index (χ3v) is 3.87. The zero-order chi connectivity index (χ0) is 13.7. The van der Waals surface area contributed by atoms with Crippen LogP contribution in [0.2, 0.25) is 0 Å². The van der Waals surface area contributed by atoms with Crippen molar-refractivity contribution in [1.29, 1.82) is 0 Å². The predicted molar refractivity (Wildman–Crippen MR) is 73.8 cm³/mol. The third kappa shape index (κ3) is 3.58. The Balaban J connectivity index is 1.81. The first-order valence-electron chi connectivity index (χ1n) is 6.99. The first-order valence-corrected chi connectivity index (χ1v) is 6.99. The van der Waals surface area contributed by atoms with E-state index in [-0.39, 0.29) is 18.6 Å². The second-order valence-electron chi connectivity index (χ2n) is 5.03. The molecule has 0 aromatic carbocycles. The highest BCUT2D eigenvalue weighted by Gasteiger charge is 2.24. The second-order valence-corrected chi connectivity index (χ2v) is 5.03. The summed E-state index contributed by atoms with van der Waals surface area (Å²) in [6.45, 7) is 5.52. The van der Waals surface area contributed by atoms with Crippen LogP contribution < -0.4 is 0 Å². The van der Waals surface area contributed by atoms with Crippen LogP contribution in [0.1, 0.15) is 19.0 Å². The monoisotopic (exact) mass is 265 g/mol. The molecule has 0 spiro atoms. The average molecular weight is 265 g/mol. The molecule has 0 bridgehead atoms. The maximum Gasteiger partial charge on any atom is 0.228 e. The Kier molecular flexibility index (Phi) is 4.99. The second kappa shape index (κ2) is 6.73. The lowest BCUT2D eigenvalue weighted by atomic mass is 10.1. The highest BCUT2D eigenvalue weighted by Crippen LogP contribution is 2.10. The number of carbonyl (C=O) groups is 1. The Labute approximate surface area is 114 Å². The molecule has 1 saturated heterocycles. The number of rotatable bonds is 5. The van der Waals surface area contributed by atoms with E-state index in [1.807, 2.05) is 23.2 Å². The molecule has 1 aliphatic heterocycles. The number of aliphatic hydroxyl groups is 1. The van der Waals surface area contributed by atoms with Crippen molar-refractivity contribution in [3.05, 3.63) is 24.0 Å². The van der Waals surface area contributed by atoms with E-state index in [0.29, 0.717) is 6.42 Å². The van der Waals surface area contributed by atoms with Crippen LogP contribution in [-0.4, -0.2) is 64.6 Å². The summed E-state index contributed by atoms with van der Waals surface area (Å²) in [5.74, 6) is 0.180. The van der Waals surface area contributed by atoms with E-state index in [9.17, 15) is 9.90 Å². The molecule has 1 aromatic heterocycles. The topological polar surface area (TPSA) is 59.6 Å². The van der Waals surface area contributed by atoms with Crippen molar-refractivity contribution in [3.63, 3.8) is 0 Å². The highest BCUT2D eigenvalue weighted by molar-refractivity contribution is 5.78. The number of aromatic amines is 1. The summed E-state index contributed by atoms with van der Waals surface area (Å²) in [7, 11) is 0. The largest absolute Gasteiger partial charge is 0.395 e. The van der Waals surface area contributed by atoms with Crippen LogP contribution in [0.4, 0.5) is 0 Å². The van der Waals surface area contributed by atoms with Crippen molar-refractivity contribution in [2.75, 3.05) is 32.8 Å². The molecule has 1 atom stereocenters. The Morgan fingerprint density at radius 2 is 2.16 bits per heavy atom. The molecule has 5 nitrogen and oxygen atoms in total. The number of hydrogen-bond donors (Lipinski definition) is 2. The van der Waals surface area contributed by atoms with Gasteiger partial charge in [-0.15, -0.1) is 0 Å². The van der Waals surface area contributed by atoms with Gasteiger partial charge < -0.3 is 15.0 Å². The molecular weight excluding hydrogens is 242 g/mol. The molecule has 5 heteroatoms. The van der Waals surface area contributed by atoms with Gasteiger partial charge in [0.25, 0.3) is 0 Å². The van der Waals surface area contributed by atoms with E-state index in [0.717, 1.165) is 38.3 Å². The number of H-pyrrole nitrogens is 1. The lowest BCUT2D eigenvalue weighted by Crippen LogP contribution is -2.53. The molecule has 1 fully saturated rings.